The van der Waals surface area contributed by atoms with Crippen molar-refractivity contribution in [2.24, 2.45) is 12.0 Å². The topological polar surface area (TPSA) is 59.3 Å². The maximum Gasteiger partial charge on any atom is 0.277 e. The Labute approximate surface area is 130 Å². The van der Waals surface area contributed by atoms with E-state index >= 15 is 0 Å². The molecule has 0 spiro atoms. The number of benzene rings is 1. The molecule has 0 aliphatic carbocycles. The Balaban J connectivity index is 2.13. The number of rotatable bonds is 3. The zero-order valence-corrected chi connectivity index (χ0v) is 13.3. The lowest BCUT2D eigenvalue weighted by Crippen LogP contribution is -2.28. The van der Waals surface area contributed by atoms with E-state index in [9.17, 15) is 4.79 Å². The molecule has 1 aromatic heterocycles. The number of aliphatic imine (C=N–C) groups is 1. The van der Waals surface area contributed by atoms with Crippen LogP contribution in [-0.2, 0) is 7.05 Å². The summed E-state index contributed by atoms with van der Waals surface area (Å²) in [6.07, 6.45) is 3.64. The molecule has 0 fully saturated rings. The quantitative estimate of drug-likeness (QED) is 0.699. The Morgan fingerprint density at radius 1 is 1.27 bits per heavy atom. The van der Waals surface area contributed by atoms with Crippen LogP contribution in [0.3, 0.4) is 0 Å². The van der Waals surface area contributed by atoms with E-state index in [0.717, 1.165) is 11.3 Å². The second-order valence-electron chi connectivity index (χ2n) is 5.07. The number of hydrogen-bond acceptors (Lipinski definition) is 3. The van der Waals surface area contributed by atoms with Crippen molar-refractivity contribution in [2.75, 3.05) is 0 Å². The molecule has 1 N–H and O–H groups in total. The van der Waals surface area contributed by atoms with Crippen molar-refractivity contribution in [3.63, 3.8) is 0 Å². The molecule has 0 bridgehead atoms. The number of amidine groups is 1. The zero-order chi connectivity index (χ0) is 16.1. The van der Waals surface area contributed by atoms with Gasteiger partial charge in [0, 0.05) is 13.2 Å². The van der Waals surface area contributed by atoms with Crippen LogP contribution in [0.5, 0.6) is 0 Å². The van der Waals surface area contributed by atoms with Crippen LogP contribution in [0.2, 0.25) is 0 Å². The van der Waals surface area contributed by atoms with Gasteiger partial charge in [0.05, 0.1) is 5.70 Å². The van der Waals surface area contributed by atoms with Crippen molar-refractivity contribution in [3.8, 4) is 0 Å². The average Bonchev–Trinajstić information content (AvgIpc) is 2.92. The van der Waals surface area contributed by atoms with Crippen LogP contribution in [0.1, 0.15) is 35.5 Å². The third-order valence-electron chi connectivity index (χ3n) is 3.15. The summed E-state index contributed by atoms with van der Waals surface area (Å²) >= 11 is 0. The predicted octanol–water partition coefficient (Wildman–Crippen LogP) is 2.94. The molecule has 2 rings (SSSR count). The highest BCUT2D eigenvalue weighted by Crippen LogP contribution is 2.16. The van der Waals surface area contributed by atoms with Crippen LogP contribution in [0.4, 0.5) is 0 Å². The molecule has 22 heavy (non-hydrogen) atoms. The fourth-order valence-corrected chi connectivity index (χ4v) is 1.99. The van der Waals surface area contributed by atoms with Crippen molar-refractivity contribution >= 4 is 17.4 Å². The molecule has 0 unspecified atom stereocenters. The van der Waals surface area contributed by atoms with Crippen molar-refractivity contribution in [1.82, 2.24) is 15.1 Å². The second kappa shape index (κ2) is 6.85. The summed E-state index contributed by atoms with van der Waals surface area (Å²) in [7, 11) is 1.77. The fraction of sp³-hybridized carbons (Fsp3) is 0.235. The molecule has 2 aromatic rings. The number of hydrogen-bond donors (Lipinski definition) is 1. The molecule has 0 saturated carbocycles. The summed E-state index contributed by atoms with van der Waals surface area (Å²) in [4.78, 5) is 16.5. The van der Waals surface area contributed by atoms with Gasteiger partial charge in [-0.3, -0.25) is 9.48 Å². The van der Waals surface area contributed by atoms with Crippen molar-refractivity contribution in [2.45, 2.75) is 20.8 Å². The summed E-state index contributed by atoms with van der Waals surface area (Å²) in [5.74, 6) is 0.269. The van der Waals surface area contributed by atoms with E-state index in [0.29, 0.717) is 11.5 Å². The Morgan fingerprint density at radius 2 is 1.95 bits per heavy atom. The van der Waals surface area contributed by atoms with Gasteiger partial charge in [0.15, 0.2) is 5.69 Å². The largest absolute Gasteiger partial charge is 0.309 e. The van der Waals surface area contributed by atoms with Gasteiger partial charge in [-0.15, -0.1) is 0 Å². The SMILES string of the molecule is C/C=C(\N=C(C)NC(=O)c1ccn(C)n1)c1ccc(C)cc1. The minimum Gasteiger partial charge on any atom is -0.309 e. The Kier molecular flexibility index (Phi) is 4.88. The third kappa shape index (κ3) is 3.91. The highest BCUT2D eigenvalue weighted by molar-refractivity contribution is 6.05. The summed E-state index contributed by atoms with van der Waals surface area (Å²) in [6.45, 7) is 5.73. The summed E-state index contributed by atoms with van der Waals surface area (Å²) < 4.78 is 1.59. The molecule has 0 atom stereocenters. The molecule has 5 nitrogen and oxygen atoms in total. The molecule has 1 amide bonds. The third-order valence-corrected chi connectivity index (χ3v) is 3.15. The van der Waals surface area contributed by atoms with Gasteiger partial charge < -0.3 is 5.32 Å². The first-order chi connectivity index (χ1) is 10.5. The molecule has 5 heteroatoms. The standard InChI is InChI=1S/C17H20N4O/c1-5-15(14-8-6-12(2)7-9-14)18-13(3)19-17(22)16-10-11-21(4)20-16/h5-11H,1-4H3,(H,18,19,22)/b15-5-. The number of allylic oxidation sites excluding steroid dienone is 1. The van der Waals surface area contributed by atoms with Gasteiger partial charge in [0.2, 0.25) is 0 Å². The van der Waals surface area contributed by atoms with Gasteiger partial charge in [0.1, 0.15) is 5.84 Å². The van der Waals surface area contributed by atoms with E-state index in [1.165, 1.54) is 5.56 Å². The summed E-state index contributed by atoms with van der Waals surface area (Å²) in [5.41, 5.74) is 3.40. The highest BCUT2D eigenvalue weighted by Gasteiger charge is 2.09. The summed E-state index contributed by atoms with van der Waals surface area (Å²) in [6, 6.07) is 9.77. The van der Waals surface area contributed by atoms with Gasteiger partial charge in [-0.05, 0) is 32.4 Å². The molecule has 114 valence electrons. The lowest BCUT2D eigenvalue weighted by atomic mass is 10.1. The van der Waals surface area contributed by atoms with Crippen molar-refractivity contribution in [3.05, 3.63) is 59.4 Å². The highest BCUT2D eigenvalue weighted by atomic mass is 16.2. The van der Waals surface area contributed by atoms with Gasteiger partial charge in [-0.1, -0.05) is 35.9 Å². The maximum atomic E-state index is 12.0. The van der Waals surface area contributed by atoms with Crippen molar-refractivity contribution < 1.29 is 4.79 Å². The van der Waals surface area contributed by atoms with E-state index in [2.05, 4.69) is 15.4 Å². The lowest BCUT2D eigenvalue weighted by molar-refractivity contribution is 0.0971. The smallest absolute Gasteiger partial charge is 0.277 e. The molecule has 1 aromatic carbocycles. The molecule has 1 heterocycles. The zero-order valence-electron chi connectivity index (χ0n) is 13.3. The second-order valence-corrected chi connectivity index (χ2v) is 5.07. The Hall–Kier alpha value is -2.69. The number of nitrogens with one attached hydrogen (secondary N) is 1. The normalized spacial score (nSPS) is 12.4. The number of aromatic nitrogens is 2. The Morgan fingerprint density at radius 3 is 2.50 bits per heavy atom. The number of aryl methyl sites for hydroxylation is 2. The van der Waals surface area contributed by atoms with E-state index in [-0.39, 0.29) is 5.91 Å². The lowest BCUT2D eigenvalue weighted by Gasteiger charge is -2.06. The monoisotopic (exact) mass is 296 g/mol. The number of nitrogens with zero attached hydrogens (tertiary/aromatic N) is 3. The van der Waals surface area contributed by atoms with Gasteiger partial charge in [-0.25, -0.2) is 4.99 Å². The predicted molar refractivity (Wildman–Crippen MR) is 88.6 cm³/mol. The number of carbonyl (C=O) groups is 1. The van der Waals surface area contributed by atoms with Crippen LogP contribution in [0.25, 0.3) is 5.70 Å². The molecular weight excluding hydrogens is 276 g/mol. The van der Waals surface area contributed by atoms with Crippen LogP contribution in [0.15, 0.2) is 47.6 Å². The van der Waals surface area contributed by atoms with Gasteiger partial charge >= 0.3 is 0 Å². The first kappa shape index (κ1) is 15.7. The van der Waals surface area contributed by atoms with Crippen molar-refractivity contribution in [1.29, 1.82) is 0 Å². The number of amides is 1. The summed E-state index contributed by atoms with van der Waals surface area (Å²) in [5, 5.41) is 6.82. The first-order valence-corrected chi connectivity index (χ1v) is 7.09. The van der Waals surface area contributed by atoms with E-state index in [4.69, 9.17) is 0 Å². The maximum absolute atomic E-state index is 12.0. The minimum absolute atomic E-state index is 0.263. The molecule has 0 radical (unpaired) electrons. The van der Waals surface area contributed by atoms with Gasteiger partial charge in [-0.2, -0.15) is 5.10 Å². The van der Waals surface area contributed by atoms with Crippen LogP contribution >= 0.6 is 0 Å². The average molecular weight is 296 g/mol. The van der Waals surface area contributed by atoms with Crippen LogP contribution in [0, 0.1) is 6.92 Å². The number of carbonyl (C=O) groups excluding carboxylic acids is 1. The van der Waals surface area contributed by atoms with Crippen LogP contribution in [-0.4, -0.2) is 21.5 Å². The molecule has 0 aliphatic heterocycles. The van der Waals surface area contributed by atoms with E-state index < -0.39 is 0 Å². The molecule has 0 aliphatic rings. The Bertz CT molecular complexity index is 723. The molecular formula is C17H20N4O. The fourth-order valence-electron chi connectivity index (χ4n) is 1.99. The minimum atomic E-state index is -0.263. The van der Waals surface area contributed by atoms with Crippen LogP contribution < -0.4 is 5.32 Å². The van der Waals surface area contributed by atoms with E-state index in [1.54, 1.807) is 30.9 Å². The van der Waals surface area contributed by atoms with Gasteiger partial charge in [0.25, 0.3) is 5.91 Å². The first-order valence-electron chi connectivity index (χ1n) is 7.09. The molecule has 0 saturated heterocycles. The van der Waals surface area contributed by atoms with E-state index in [1.807, 2.05) is 44.2 Å².